The van der Waals surface area contributed by atoms with Crippen LogP contribution in [-0.4, -0.2) is 47.2 Å². The molecule has 0 bridgehead atoms. The molecule has 0 unspecified atom stereocenters. The number of hydrogen-bond acceptors (Lipinski definition) is 7. The molecule has 8 nitrogen and oxygen atoms in total. The molecule has 0 spiro atoms. The highest BCUT2D eigenvalue weighted by Gasteiger charge is 2.32. The third-order valence-corrected chi connectivity index (χ3v) is 7.96. The van der Waals surface area contributed by atoms with Gasteiger partial charge in [-0.3, -0.25) is 0 Å². The lowest BCUT2D eigenvalue weighted by atomic mass is 9.98. The van der Waals surface area contributed by atoms with E-state index < -0.39 is 10.0 Å². The molecular formula is C25H31BrN2O6S. The number of methoxy groups -OCH3 is 1. The Bertz CT molecular complexity index is 1230. The van der Waals surface area contributed by atoms with Crippen LogP contribution >= 0.6 is 15.9 Å². The van der Waals surface area contributed by atoms with Crippen molar-refractivity contribution in [2.24, 2.45) is 0 Å². The number of hydrogen-bond donors (Lipinski definition) is 0. The summed E-state index contributed by atoms with van der Waals surface area (Å²) in [4.78, 5) is 0.139. The van der Waals surface area contributed by atoms with E-state index in [4.69, 9.17) is 18.7 Å². The predicted octanol–water partition coefficient (Wildman–Crippen LogP) is 5.21. The first-order chi connectivity index (χ1) is 16.8. The summed E-state index contributed by atoms with van der Waals surface area (Å²) < 4.78 is 51.0. The van der Waals surface area contributed by atoms with E-state index in [9.17, 15) is 8.42 Å². The average molecular weight is 568 g/mol. The zero-order valence-electron chi connectivity index (χ0n) is 20.4. The second-order valence-electron chi connectivity index (χ2n) is 7.83. The first-order valence-electron chi connectivity index (χ1n) is 11.2. The molecule has 0 fully saturated rings. The molecule has 2 aromatic carbocycles. The number of rotatable bonds is 13. The average Bonchev–Trinajstić information content (AvgIpc) is 3.20. The Balaban J connectivity index is 2.12. The van der Waals surface area contributed by atoms with Crippen molar-refractivity contribution in [3.63, 3.8) is 0 Å². The second-order valence-corrected chi connectivity index (χ2v) is 10.2. The second kappa shape index (κ2) is 12.6. The van der Waals surface area contributed by atoms with Gasteiger partial charge in [0, 0.05) is 30.2 Å². The molecule has 10 heteroatoms. The smallest absolute Gasteiger partial charge is 0.268 e. The maximum atomic E-state index is 14.1. The number of aryl methyl sites for hydroxylation is 1. The van der Waals surface area contributed by atoms with Crippen molar-refractivity contribution in [3.8, 4) is 11.1 Å². The summed E-state index contributed by atoms with van der Waals surface area (Å²) in [5.74, 6) is 0.730. The van der Waals surface area contributed by atoms with E-state index in [1.165, 1.54) is 0 Å². The minimum absolute atomic E-state index is 0.139. The molecule has 0 N–H and O–H groups in total. The third kappa shape index (κ3) is 6.31. The fraction of sp³-hybridized carbons (Fsp3) is 0.400. The number of anilines is 1. The third-order valence-electron chi connectivity index (χ3n) is 5.54. The molecule has 35 heavy (non-hydrogen) atoms. The van der Waals surface area contributed by atoms with E-state index in [0.717, 1.165) is 21.0 Å². The van der Waals surface area contributed by atoms with E-state index in [2.05, 4.69) is 21.1 Å². The molecule has 1 aromatic heterocycles. The normalized spacial score (nSPS) is 11.7. The topological polar surface area (TPSA) is 91.1 Å². The van der Waals surface area contributed by atoms with Crippen LogP contribution in [0.5, 0.6) is 0 Å². The number of alkyl halides is 1. The van der Waals surface area contributed by atoms with E-state index in [1.54, 1.807) is 39.2 Å². The molecule has 3 rings (SSSR count). The lowest BCUT2D eigenvalue weighted by molar-refractivity contribution is 0.0753. The van der Waals surface area contributed by atoms with Crippen LogP contribution in [0.15, 0.2) is 51.9 Å². The Labute approximate surface area is 215 Å². The highest BCUT2D eigenvalue weighted by atomic mass is 79.9. The monoisotopic (exact) mass is 566 g/mol. The molecule has 0 aliphatic rings. The van der Waals surface area contributed by atoms with Gasteiger partial charge in [0.05, 0.1) is 24.7 Å². The summed E-state index contributed by atoms with van der Waals surface area (Å²) in [5.41, 5.74) is 3.97. The standard InChI is InChI=1S/C25H31BrN2O6S/c1-5-32-16-21-14-20(15-26)10-11-22(21)23-8-6-7-9-24(23)35(29,30)28(17-33-13-12-31-4)25-18(2)19(3)34-27-25/h6-11,14H,5,12-13,15-17H2,1-4H3. The fourth-order valence-electron chi connectivity index (χ4n) is 3.53. The van der Waals surface area contributed by atoms with Crippen molar-refractivity contribution in [1.29, 1.82) is 0 Å². The first-order valence-corrected chi connectivity index (χ1v) is 13.8. The van der Waals surface area contributed by atoms with E-state index in [1.807, 2.05) is 31.2 Å². The van der Waals surface area contributed by atoms with Crippen LogP contribution in [0.3, 0.4) is 0 Å². The van der Waals surface area contributed by atoms with Crippen molar-refractivity contribution in [2.45, 2.75) is 37.6 Å². The van der Waals surface area contributed by atoms with Gasteiger partial charge in [-0.25, -0.2) is 12.7 Å². The Hall–Kier alpha value is -2.24. The van der Waals surface area contributed by atoms with Crippen LogP contribution in [0.4, 0.5) is 5.82 Å². The quantitative estimate of drug-likeness (QED) is 0.159. The largest absolute Gasteiger partial charge is 0.382 e. The first kappa shape index (κ1) is 27.3. The van der Waals surface area contributed by atoms with Gasteiger partial charge in [0.25, 0.3) is 10.0 Å². The summed E-state index contributed by atoms with van der Waals surface area (Å²) in [5, 5.41) is 4.71. The van der Waals surface area contributed by atoms with Crippen molar-refractivity contribution >= 4 is 31.8 Å². The molecular weight excluding hydrogens is 536 g/mol. The maximum Gasteiger partial charge on any atom is 0.268 e. The Kier molecular flexibility index (Phi) is 9.88. The van der Waals surface area contributed by atoms with Gasteiger partial charge in [0.15, 0.2) is 5.82 Å². The molecule has 0 aliphatic carbocycles. The minimum atomic E-state index is -4.09. The van der Waals surface area contributed by atoms with E-state index in [0.29, 0.717) is 42.0 Å². The van der Waals surface area contributed by atoms with Gasteiger partial charge in [0.2, 0.25) is 0 Å². The summed E-state index contributed by atoms with van der Waals surface area (Å²) in [6, 6.07) is 12.9. The lowest BCUT2D eigenvalue weighted by Gasteiger charge is -2.24. The van der Waals surface area contributed by atoms with Gasteiger partial charge >= 0.3 is 0 Å². The summed E-state index contributed by atoms with van der Waals surface area (Å²) >= 11 is 3.49. The van der Waals surface area contributed by atoms with E-state index >= 15 is 0 Å². The lowest BCUT2D eigenvalue weighted by Crippen LogP contribution is -2.35. The number of nitrogens with zero attached hydrogens (tertiary/aromatic N) is 2. The number of ether oxygens (including phenoxy) is 3. The van der Waals surface area contributed by atoms with Gasteiger partial charge in [-0.05, 0) is 43.5 Å². The highest BCUT2D eigenvalue weighted by Crippen LogP contribution is 2.35. The Morgan fingerprint density at radius 3 is 2.49 bits per heavy atom. The van der Waals surface area contributed by atoms with Crippen LogP contribution in [0, 0.1) is 13.8 Å². The van der Waals surface area contributed by atoms with Crippen molar-refractivity contribution in [1.82, 2.24) is 5.16 Å². The predicted molar refractivity (Wildman–Crippen MR) is 138 cm³/mol. The van der Waals surface area contributed by atoms with Crippen molar-refractivity contribution < 1.29 is 27.2 Å². The number of aromatic nitrogens is 1. The van der Waals surface area contributed by atoms with Crippen LogP contribution in [0.1, 0.15) is 29.4 Å². The van der Waals surface area contributed by atoms with Gasteiger partial charge < -0.3 is 18.7 Å². The Morgan fingerprint density at radius 1 is 1.06 bits per heavy atom. The van der Waals surface area contributed by atoms with Crippen LogP contribution < -0.4 is 4.31 Å². The van der Waals surface area contributed by atoms with Crippen molar-refractivity contribution in [2.75, 3.05) is 38.0 Å². The van der Waals surface area contributed by atoms with Gasteiger partial charge in [-0.2, -0.15) is 0 Å². The van der Waals surface area contributed by atoms with Crippen LogP contribution in [0.2, 0.25) is 0 Å². The molecule has 3 aromatic rings. The van der Waals surface area contributed by atoms with Crippen LogP contribution in [-0.2, 0) is 36.2 Å². The number of benzene rings is 2. The molecule has 0 amide bonds. The summed E-state index contributed by atoms with van der Waals surface area (Å²) in [6.07, 6.45) is 0. The molecule has 0 saturated carbocycles. The minimum Gasteiger partial charge on any atom is -0.382 e. The molecule has 190 valence electrons. The highest BCUT2D eigenvalue weighted by molar-refractivity contribution is 9.08. The Morgan fingerprint density at radius 2 is 1.83 bits per heavy atom. The summed E-state index contributed by atoms with van der Waals surface area (Å²) in [7, 11) is -2.53. The van der Waals surface area contributed by atoms with Crippen molar-refractivity contribution in [3.05, 3.63) is 64.9 Å². The fourth-order valence-corrected chi connectivity index (χ4v) is 5.43. The van der Waals surface area contributed by atoms with E-state index in [-0.39, 0.29) is 24.1 Å². The summed E-state index contributed by atoms with van der Waals surface area (Å²) in [6.45, 7) is 6.68. The molecule has 0 atom stereocenters. The molecule has 0 saturated heterocycles. The van der Waals surface area contributed by atoms with Gasteiger partial charge in [-0.1, -0.05) is 57.5 Å². The zero-order chi connectivity index (χ0) is 25.4. The van der Waals surface area contributed by atoms with Gasteiger partial charge in [-0.15, -0.1) is 0 Å². The maximum absolute atomic E-state index is 14.1. The number of sulfonamides is 1. The van der Waals surface area contributed by atoms with Gasteiger partial charge in [0.1, 0.15) is 12.5 Å². The molecule has 1 heterocycles. The molecule has 0 aliphatic heterocycles. The number of halogens is 1. The SMILES string of the molecule is CCOCc1cc(CBr)ccc1-c1ccccc1S(=O)(=O)N(COCCOC)c1noc(C)c1C. The van der Waals surface area contributed by atoms with Crippen LogP contribution in [0.25, 0.3) is 11.1 Å². The molecule has 0 radical (unpaired) electrons. The zero-order valence-corrected chi connectivity index (χ0v) is 22.8.